The number of carbonyl (C=O) groups is 1. The van der Waals surface area contributed by atoms with Gasteiger partial charge in [-0.05, 0) is 43.4 Å². The van der Waals surface area contributed by atoms with Gasteiger partial charge in [0.25, 0.3) is 5.91 Å². The van der Waals surface area contributed by atoms with E-state index in [1.54, 1.807) is 24.3 Å². The van der Waals surface area contributed by atoms with Gasteiger partial charge in [-0.15, -0.1) is 0 Å². The molecule has 0 aliphatic carbocycles. The molecule has 118 valence electrons. The highest BCUT2D eigenvalue weighted by Crippen LogP contribution is 2.21. The molecule has 0 saturated carbocycles. The van der Waals surface area contributed by atoms with Crippen LogP contribution in [0.3, 0.4) is 0 Å². The van der Waals surface area contributed by atoms with Gasteiger partial charge < -0.3 is 5.32 Å². The van der Waals surface area contributed by atoms with Crippen LogP contribution >= 0.6 is 12.2 Å². The zero-order valence-electron chi connectivity index (χ0n) is 12.0. The summed E-state index contributed by atoms with van der Waals surface area (Å²) in [7, 11) is 0. The molecule has 2 aromatic rings. The minimum atomic E-state index is -0.949. The second kappa shape index (κ2) is 6.93. The summed E-state index contributed by atoms with van der Waals surface area (Å²) in [6.45, 7) is 1.90. The number of carbonyl (C=O) groups excluding carboxylic acids is 1. The van der Waals surface area contributed by atoms with Crippen molar-refractivity contribution in [1.82, 2.24) is 5.32 Å². The van der Waals surface area contributed by atoms with Gasteiger partial charge in [0.1, 0.15) is 0 Å². The zero-order chi connectivity index (χ0) is 17.0. The maximum absolute atomic E-state index is 13.2. The first-order valence-electron chi connectivity index (χ1n) is 6.50. The van der Waals surface area contributed by atoms with E-state index in [4.69, 9.17) is 12.2 Å². The number of hydrogen-bond donors (Lipinski definition) is 2. The van der Waals surface area contributed by atoms with Crippen molar-refractivity contribution in [1.29, 1.82) is 0 Å². The summed E-state index contributed by atoms with van der Waals surface area (Å²) in [5.41, 5.74) is 0.959. The molecule has 0 aromatic heterocycles. The lowest BCUT2D eigenvalue weighted by molar-refractivity contribution is -0.387. The van der Waals surface area contributed by atoms with Gasteiger partial charge in [-0.1, -0.05) is 17.7 Å². The lowest BCUT2D eigenvalue weighted by Gasteiger charge is -2.09. The molecule has 0 saturated heterocycles. The lowest BCUT2D eigenvalue weighted by atomic mass is 10.1. The van der Waals surface area contributed by atoms with E-state index in [9.17, 15) is 19.3 Å². The van der Waals surface area contributed by atoms with Gasteiger partial charge in [0.2, 0.25) is 5.82 Å². The first kappa shape index (κ1) is 16.5. The van der Waals surface area contributed by atoms with Crippen LogP contribution in [0.25, 0.3) is 0 Å². The Morgan fingerprint density at radius 2 is 1.87 bits per heavy atom. The summed E-state index contributed by atoms with van der Waals surface area (Å²) in [5, 5.41) is 15.7. The van der Waals surface area contributed by atoms with Crippen LogP contribution in [0.1, 0.15) is 15.9 Å². The second-order valence-electron chi connectivity index (χ2n) is 4.70. The van der Waals surface area contributed by atoms with Gasteiger partial charge in [-0.25, -0.2) is 0 Å². The molecule has 0 heterocycles. The Bertz CT molecular complexity index is 778. The Labute approximate surface area is 136 Å². The first-order valence-corrected chi connectivity index (χ1v) is 6.90. The largest absolute Gasteiger partial charge is 0.332 e. The van der Waals surface area contributed by atoms with Gasteiger partial charge >= 0.3 is 5.69 Å². The highest BCUT2D eigenvalue weighted by atomic mass is 32.1. The average Bonchev–Trinajstić information content (AvgIpc) is 2.49. The number of hydrogen-bond acceptors (Lipinski definition) is 4. The Morgan fingerprint density at radius 1 is 1.22 bits per heavy atom. The summed E-state index contributed by atoms with van der Waals surface area (Å²) in [5.74, 6) is -1.37. The Morgan fingerprint density at radius 3 is 2.48 bits per heavy atom. The molecule has 0 atom stereocenters. The zero-order valence-corrected chi connectivity index (χ0v) is 12.8. The standard InChI is InChI=1S/C15H12FN3O3S/c1-9-2-4-10(5-3-9)14(20)18-15(23)17-11-6-7-12(16)13(8-11)19(21)22/h2-8H,1H3,(H2,17,18,20,23). The summed E-state index contributed by atoms with van der Waals surface area (Å²) < 4.78 is 13.2. The van der Waals surface area contributed by atoms with E-state index in [-0.39, 0.29) is 10.8 Å². The van der Waals surface area contributed by atoms with Crippen LogP contribution in [0.2, 0.25) is 0 Å². The number of halogens is 1. The quantitative estimate of drug-likeness (QED) is 0.512. The molecule has 2 rings (SSSR count). The number of nitrogens with one attached hydrogen (secondary N) is 2. The van der Waals surface area contributed by atoms with Crippen molar-refractivity contribution in [3.63, 3.8) is 0 Å². The molecule has 23 heavy (non-hydrogen) atoms. The minimum Gasteiger partial charge on any atom is -0.332 e. The van der Waals surface area contributed by atoms with Crippen LogP contribution in [0.5, 0.6) is 0 Å². The van der Waals surface area contributed by atoms with Crippen molar-refractivity contribution in [3.8, 4) is 0 Å². The van der Waals surface area contributed by atoms with Crippen LogP contribution in [0, 0.1) is 22.9 Å². The third-order valence-electron chi connectivity index (χ3n) is 2.94. The minimum absolute atomic E-state index is 0.0449. The molecule has 1 amide bonds. The van der Waals surface area contributed by atoms with Crippen LogP contribution < -0.4 is 10.6 Å². The Balaban J connectivity index is 2.05. The number of thiocarbonyl (C=S) groups is 1. The van der Waals surface area contributed by atoms with Crippen LogP contribution in [-0.4, -0.2) is 15.9 Å². The number of aryl methyl sites for hydroxylation is 1. The highest BCUT2D eigenvalue weighted by Gasteiger charge is 2.15. The number of anilines is 1. The van der Waals surface area contributed by atoms with Crippen molar-refractivity contribution in [2.24, 2.45) is 0 Å². The SMILES string of the molecule is Cc1ccc(C(=O)NC(=S)Nc2ccc(F)c([N+](=O)[O-])c2)cc1. The van der Waals surface area contributed by atoms with Gasteiger partial charge in [-0.2, -0.15) is 4.39 Å². The van der Waals surface area contributed by atoms with Crippen molar-refractivity contribution < 1.29 is 14.1 Å². The van der Waals surface area contributed by atoms with Gasteiger partial charge in [0.15, 0.2) is 5.11 Å². The fourth-order valence-corrected chi connectivity index (χ4v) is 1.98. The summed E-state index contributed by atoms with van der Waals surface area (Å²) in [6, 6.07) is 10.1. The summed E-state index contributed by atoms with van der Waals surface area (Å²) in [6.07, 6.45) is 0. The maximum atomic E-state index is 13.2. The summed E-state index contributed by atoms with van der Waals surface area (Å²) in [4.78, 5) is 21.8. The number of amides is 1. The van der Waals surface area contributed by atoms with Crippen molar-refractivity contribution in [3.05, 3.63) is 69.5 Å². The number of nitrogens with zero attached hydrogens (tertiary/aromatic N) is 1. The number of rotatable bonds is 3. The van der Waals surface area contributed by atoms with E-state index in [1.165, 1.54) is 6.07 Å². The number of nitro groups is 1. The predicted molar refractivity (Wildman–Crippen MR) is 87.9 cm³/mol. The fraction of sp³-hybridized carbons (Fsp3) is 0.0667. The molecule has 0 bridgehead atoms. The molecule has 0 aliphatic rings. The van der Waals surface area contributed by atoms with E-state index in [1.807, 2.05) is 6.92 Å². The van der Waals surface area contributed by atoms with Gasteiger partial charge in [-0.3, -0.25) is 20.2 Å². The Hall–Kier alpha value is -2.87. The lowest BCUT2D eigenvalue weighted by Crippen LogP contribution is -2.34. The normalized spacial score (nSPS) is 10.0. The molecular weight excluding hydrogens is 321 g/mol. The van der Waals surface area contributed by atoms with E-state index < -0.39 is 22.3 Å². The van der Waals surface area contributed by atoms with Gasteiger partial charge in [0, 0.05) is 17.3 Å². The van der Waals surface area contributed by atoms with Crippen LogP contribution in [0.4, 0.5) is 15.8 Å². The molecule has 0 fully saturated rings. The fourth-order valence-electron chi connectivity index (χ4n) is 1.77. The number of benzene rings is 2. The van der Waals surface area contributed by atoms with E-state index in [0.717, 1.165) is 17.7 Å². The van der Waals surface area contributed by atoms with Gasteiger partial charge in [0.05, 0.1) is 4.92 Å². The molecule has 8 heteroatoms. The first-order chi connectivity index (χ1) is 10.9. The average molecular weight is 333 g/mol. The van der Waals surface area contributed by atoms with Crippen molar-refractivity contribution in [2.45, 2.75) is 6.92 Å². The third-order valence-corrected chi connectivity index (χ3v) is 3.15. The maximum Gasteiger partial charge on any atom is 0.306 e. The predicted octanol–water partition coefficient (Wildman–Crippen LogP) is 3.17. The number of nitro benzene ring substituents is 1. The molecule has 2 N–H and O–H groups in total. The third kappa shape index (κ3) is 4.30. The van der Waals surface area contributed by atoms with Crippen molar-refractivity contribution >= 4 is 34.6 Å². The van der Waals surface area contributed by atoms with E-state index in [2.05, 4.69) is 10.6 Å². The van der Waals surface area contributed by atoms with E-state index in [0.29, 0.717) is 5.56 Å². The molecule has 0 aliphatic heterocycles. The smallest absolute Gasteiger partial charge is 0.306 e. The van der Waals surface area contributed by atoms with E-state index >= 15 is 0 Å². The molecule has 0 unspecified atom stereocenters. The van der Waals surface area contributed by atoms with Crippen LogP contribution in [0.15, 0.2) is 42.5 Å². The Kier molecular flexibility index (Phi) is 4.97. The molecule has 2 aromatic carbocycles. The second-order valence-corrected chi connectivity index (χ2v) is 5.11. The molecule has 0 spiro atoms. The molecular formula is C15H12FN3O3S. The topological polar surface area (TPSA) is 84.3 Å². The molecule has 6 nitrogen and oxygen atoms in total. The molecule has 0 radical (unpaired) electrons. The van der Waals surface area contributed by atoms with Crippen molar-refractivity contribution in [2.75, 3.05) is 5.32 Å². The highest BCUT2D eigenvalue weighted by molar-refractivity contribution is 7.80. The monoisotopic (exact) mass is 333 g/mol. The summed E-state index contributed by atoms with van der Waals surface area (Å²) >= 11 is 4.97. The van der Waals surface area contributed by atoms with Crippen LogP contribution in [-0.2, 0) is 0 Å².